The number of methoxy groups -OCH3 is 1. The molecular formula is C28H34N8O2. The number of hydrogen-bond donors (Lipinski definition) is 3. The summed E-state index contributed by atoms with van der Waals surface area (Å²) in [7, 11) is 1.63. The van der Waals surface area contributed by atoms with Crippen molar-refractivity contribution in [2.24, 2.45) is 11.5 Å². The van der Waals surface area contributed by atoms with E-state index in [-0.39, 0.29) is 5.84 Å². The van der Waals surface area contributed by atoms with Gasteiger partial charge in [-0.3, -0.25) is 15.3 Å². The van der Waals surface area contributed by atoms with Gasteiger partial charge in [0.25, 0.3) is 0 Å². The van der Waals surface area contributed by atoms with Gasteiger partial charge >= 0.3 is 0 Å². The summed E-state index contributed by atoms with van der Waals surface area (Å²) < 4.78 is 10.9. The molecule has 0 spiro atoms. The average molecular weight is 515 g/mol. The fourth-order valence-electron chi connectivity index (χ4n) is 5.34. The van der Waals surface area contributed by atoms with Crippen LogP contribution in [-0.4, -0.2) is 64.6 Å². The first-order chi connectivity index (χ1) is 18.4. The molecule has 0 radical (unpaired) electrons. The van der Waals surface area contributed by atoms with Crippen molar-refractivity contribution >= 4 is 17.2 Å². The summed E-state index contributed by atoms with van der Waals surface area (Å²) in [5.74, 6) is 2.09. The van der Waals surface area contributed by atoms with E-state index in [1.165, 1.54) is 12.0 Å². The lowest BCUT2D eigenvalue weighted by molar-refractivity contribution is -0.00876. The number of amidine groups is 1. The molecule has 198 valence electrons. The Labute approximate surface area is 222 Å². The second-order valence-electron chi connectivity index (χ2n) is 9.71. The zero-order valence-corrected chi connectivity index (χ0v) is 22.0. The summed E-state index contributed by atoms with van der Waals surface area (Å²) >= 11 is 0. The van der Waals surface area contributed by atoms with Crippen LogP contribution >= 0.6 is 0 Å². The minimum absolute atomic E-state index is 0.130. The monoisotopic (exact) mass is 514 g/mol. The molecule has 10 heteroatoms. The molecule has 38 heavy (non-hydrogen) atoms. The molecule has 3 aliphatic rings. The number of aromatic nitrogens is 3. The number of piperidine rings is 1. The van der Waals surface area contributed by atoms with Crippen LogP contribution in [0.5, 0.6) is 11.6 Å². The molecule has 3 fully saturated rings. The maximum atomic E-state index is 8.04. The Morgan fingerprint density at radius 3 is 2.42 bits per heavy atom. The first kappa shape index (κ1) is 25.5. The normalized spacial score (nSPS) is 19.4. The Kier molecular flexibility index (Phi) is 7.15. The molecule has 0 amide bonds. The number of pyridine rings is 3. The van der Waals surface area contributed by atoms with Crippen LogP contribution in [0.2, 0.25) is 0 Å². The van der Waals surface area contributed by atoms with Gasteiger partial charge in [-0.05, 0) is 44.0 Å². The number of nitrogens with zero attached hydrogens (tertiary/aromatic N) is 5. The van der Waals surface area contributed by atoms with Gasteiger partial charge in [0, 0.05) is 67.0 Å². The van der Waals surface area contributed by atoms with Gasteiger partial charge in [-0.15, -0.1) is 0 Å². The Bertz CT molecular complexity index is 1320. The van der Waals surface area contributed by atoms with Gasteiger partial charge in [0.05, 0.1) is 31.2 Å². The van der Waals surface area contributed by atoms with E-state index < -0.39 is 0 Å². The molecule has 3 aromatic heterocycles. The number of nitrogens with one attached hydrogen (secondary N) is 1. The van der Waals surface area contributed by atoms with E-state index in [2.05, 4.69) is 25.8 Å². The van der Waals surface area contributed by atoms with Gasteiger partial charge in [0.15, 0.2) is 0 Å². The number of rotatable bonds is 9. The van der Waals surface area contributed by atoms with E-state index in [4.69, 9.17) is 31.3 Å². The number of allylic oxidation sites excluding steroid dienone is 1. The number of piperazine rings is 1. The molecule has 2 atom stereocenters. The van der Waals surface area contributed by atoms with E-state index in [0.717, 1.165) is 36.6 Å². The standard InChI is InChI=1S/C28H34N8O2/c1-4-38-22-10-23(27(34-13-22)26(17(2)29)28(30)31)19-6-7-24(32-12-19)35-15-20-9-21(16-35)36(20)14-18-5-8-25(37-3)33-11-18/h5-8,10-13,20-21H,4,9,14-16,29H2,1-3H3,(H3,30,31). The highest BCUT2D eigenvalue weighted by molar-refractivity contribution is 6.22. The average Bonchev–Trinajstić information content (AvgIpc) is 2.92. The number of anilines is 1. The van der Waals surface area contributed by atoms with Crippen molar-refractivity contribution in [2.45, 2.75) is 38.9 Å². The smallest absolute Gasteiger partial charge is 0.212 e. The molecule has 6 heterocycles. The van der Waals surface area contributed by atoms with Crippen LogP contribution in [0.25, 0.3) is 16.7 Å². The molecular weight excluding hydrogens is 480 g/mol. The van der Waals surface area contributed by atoms with E-state index in [1.807, 2.05) is 43.6 Å². The van der Waals surface area contributed by atoms with E-state index >= 15 is 0 Å². The first-order valence-corrected chi connectivity index (χ1v) is 12.8. The Morgan fingerprint density at radius 1 is 1.05 bits per heavy atom. The Balaban J connectivity index is 1.33. The topological polar surface area (TPSA) is 140 Å². The third-order valence-corrected chi connectivity index (χ3v) is 7.17. The maximum Gasteiger partial charge on any atom is 0.212 e. The zero-order valence-electron chi connectivity index (χ0n) is 22.0. The van der Waals surface area contributed by atoms with Crippen molar-refractivity contribution in [3.8, 4) is 22.8 Å². The van der Waals surface area contributed by atoms with Crippen LogP contribution in [0.4, 0.5) is 5.82 Å². The highest BCUT2D eigenvalue weighted by Crippen LogP contribution is 2.36. The molecule has 3 aliphatic heterocycles. The summed E-state index contributed by atoms with van der Waals surface area (Å²) in [6.07, 6.45) is 6.57. The fourth-order valence-corrected chi connectivity index (χ4v) is 5.34. The minimum Gasteiger partial charge on any atom is -0.492 e. The molecule has 0 aliphatic carbocycles. The van der Waals surface area contributed by atoms with Gasteiger partial charge in [-0.1, -0.05) is 6.07 Å². The number of fused-ring (bicyclic) bond motifs is 2. The van der Waals surface area contributed by atoms with Crippen molar-refractivity contribution < 1.29 is 9.47 Å². The number of ether oxygens (including phenoxy) is 2. The molecule has 0 saturated carbocycles. The molecule has 10 nitrogen and oxygen atoms in total. The summed E-state index contributed by atoms with van der Waals surface area (Å²) in [4.78, 5) is 18.6. The zero-order chi connectivity index (χ0) is 26.8. The SMILES string of the molecule is CCOc1cnc(C(C(=N)N)=C(C)N)c(-c2ccc(N3CC4CC(C3)N4Cc3ccc(OC)nc3)nc2)c1. The molecule has 5 N–H and O–H groups in total. The minimum atomic E-state index is -0.130. The van der Waals surface area contributed by atoms with Crippen molar-refractivity contribution in [1.29, 1.82) is 5.41 Å². The van der Waals surface area contributed by atoms with Crippen LogP contribution in [0.15, 0.2) is 54.6 Å². The molecule has 2 unspecified atom stereocenters. The second kappa shape index (κ2) is 10.7. The third-order valence-electron chi connectivity index (χ3n) is 7.17. The lowest BCUT2D eigenvalue weighted by Crippen LogP contribution is -2.68. The third kappa shape index (κ3) is 4.99. The predicted octanol–water partition coefficient (Wildman–Crippen LogP) is 3.03. The van der Waals surface area contributed by atoms with E-state index in [0.29, 0.717) is 47.3 Å². The lowest BCUT2D eigenvalue weighted by Gasteiger charge is -2.56. The number of hydrogen-bond acceptors (Lipinski definition) is 9. The summed E-state index contributed by atoms with van der Waals surface area (Å²) in [5.41, 5.74) is 16.1. The molecule has 0 aromatic carbocycles. The second-order valence-corrected chi connectivity index (χ2v) is 9.71. The van der Waals surface area contributed by atoms with Crippen molar-refractivity contribution in [3.63, 3.8) is 0 Å². The van der Waals surface area contributed by atoms with Gasteiger partial charge < -0.3 is 25.8 Å². The van der Waals surface area contributed by atoms with E-state index in [9.17, 15) is 0 Å². The summed E-state index contributed by atoms with van der Waals surface area (Å²) in [6.45, 7) is 6.92. The van der Waals surface area contributed by atoms with Crippen molar-refractivity contribution in [2.75, 3.05) is 31.7 Å². The largest absolute Gasteiger partial charge is 0.492 e. The predicted molar refractivity (Wildman–Crippen MR) is 148 cm³/mol. The van der Waals surface area contributed by atoms with Crippen molar-refractivity contribution in [3.05, 3.63) is 65.9 Å². The summed E-state index contributed by atoms with van der Waals surface area (Å²) in [6, 6.07) is 11.0. The van der Waals surface area contributed by atoms with Crippen LogP contribution < -0.4 is 25.8 Å². The maximum absolute atomic E-state index is 8.04. The van der Waals surface area contributed by atoms with Crippen LogP contribution in [-0.2, 0) is 6.54 Å². The fraction of sp³-hybridized carbons (Fsp3) is 0.357. The molecule has 6 rings (SSSR count). The quantitative estimate of drug-likeness (QED) is 0.290. The van der Waals surface area contributed by atoms with Gasteiger partial charge in [0.2, 0.25) is 5.88 Å². The molecule has 3 aromatic rings. The Hall–Kier alpha value is -4.18. The highest BCUT2D eigenvalue weighted by atomic mass is 16.5. The van der Waals surface area contributed by atoms with Crippen molar-refractivity contribution in [1.82, 2.24) is 19.9 Å². The van der Waals surface area contributed by atoms with Gasteiger partial charge in [-0.25, -0.2) is 9.97 Å². The van der Waals surface area contributed by atoms with Crippen LogP contribution in [0.1, 0.15) is 31.5 Å². The Morgan fingerprint density at radius 2 is 1.84 bits per heavy atom. The highest BCUT2D eigenvalue weighted by Gasteiger charge is 2.44. The summed E-state index contributed by atoms with van der Waals surface area (Å²) in [5, 5.41) is 8.04. The van der Waals surface area contributed by atoms with Gasteiger partial charge in [0.1, 0.15) is 17.4 Å². The van der Waals surface area contributed by atoms with Gasteiger partial charge in [-0.2, -0.15) is 0 Å². The first-order valence-electron chi connectivity index (χ1n) is 12.8. The number of nitrogens with two attached hydrogens (primary N) is 2. The molecule has 2 bridgehead atoms. The lowest BCUT2D eigenvalue weighted by atomic mass is 9.87. The van der Waals surface area contributed by atoms with E-state index in [1.54, 1.807) is 20.2 Å². The molecule has 3 saturated heterocycles. The van der Waals surface area contributed by atoms with Crippen LogP contribution in [0.3, 0.4) is 0 Å². The van der Waals surface area contributed by atoms with Crippen LogP contribution in [0, 0.1) is 5.41 Å².